The Balaban J connectivity index is 1.59. The smallest absolute Gasteiger partial charge is 0.269 e. The fourth-order valence-corrected chi connectivity index (χ4v) is 3.20. The number of carbonyl (C=O) groups excluding carboxylic acids is 1. The van der Waals surface area contributed by atoms with Gasteiger partial charge < -0.3 is 10.1 Å². The minimum atomic E-state index is -0.417. The number of carbonyl (C=O) groups is 1. The number of nitro groups is 1. The second-order valence-corrected chi connectivity index (χ2v) is 6.52. The quantitative estimate of drug-likeness (QED) is 0.658. The lowest BCUT2D eigenvalue weighted by molar-refractivity contribution is -0.384. The normalized spacial score (nSPS) is 16.8. The van der Waals surface area contributed by atoms with Crippen LogP contribution in [-0.2, 0) is 9.53 Å². The number of rotatable bonds is 5. The molecule has 1 aliphatic rings. The highest BCUT2D eigenvalue weighted by molar-refractivity contribution is 7.99. The zero-order chi connectivity index (χ0) is 16.9. The summed E-state index contributed by atoms with van der Waals surface area (Å²) < 4.78 is 5.35. The molecular formula is C17H16N2O4S. The number of hydrogen-bond acceptors (Lipinski definition) is 5. The average molecular weight is 344 g/mol. The van der Waals surface area contributed by atoms with Crippen molar-refractivity contribution < 1.29 is 14.5 Å². The van der Waals surface area contributed by atoms with Crippen LogP contribution in [0.3, 0.4) is 0 Å². The predicted molar refractivity (Wildman–Crippen MR) is 91.3 cm³/mol. The molecule has 0 bridgehead atoms. The average Bonchev–Trinajstić information content (AvgIpc) is 3.12. The molecule has 1 fully saturated rings. The summed E-state index contributed by atoms with van der Waals surface area (Å²) in [7, 11) is 0. The van der Waals surface area contributed by atoms with Crippen LogP contribution in [0.4, 0.5) is 11.4 Å². The third-order valence-corrected chi connectivity index (χ3v) is 4.64. The van der Waals surface area contributed by atoms with E-state index in [-0.39, 0.29) is 17.7 Å². The van der Waals surface area contributed by atoms with Gasteiger partial charge in [0.15, 0.2) is 0 Å². The minimum absolute atomic E-state index is 0.0755. The van der Waals surface area contributed by atoms with Gasteiger partial charge in [0.05, 0.1) is 4.92 Å². The number of non-ortho nitro benzene ring substituents is 1. The number of nitrogens with one attached hydrogen (secondary N) is 1. The SMILES string of the molecule is O=C(Nc1ccc(Sc2ccc([N+](=O)[O-])cc2)cc1)[C@H]1CCCO1. The first-order chi connectivity index (χ1) is 11.6. The summed E-state index contributed by atoms with van der Waals surface area (Å²) in [6.07, 6.45) is 1.34. The molecular weight excluding hydrogens is 328 g/mol. The fourth-order valence-electron chi connectivity index (χ4n) is 2.39. The Labute approximate surface area is 143 Å². The zero-order valence-corrected chi connectivity index (χ0v) is 13.6. The lowest BCUT2D eigenvalue weighted by Crippen LogP contribution is -2.26. The Bertz CT molecular complexity index is 725. The molecule has 0 unspecified atom stereocenters. The first-order valence-corrected chi connectivity index (χ1v) is 8.38. The van der Waals surface area contributed by atoms with Crippen LogP contribution in [0.1, 0.15) is 12.8 Å². The van der Waals surface area contributed by atoms with Gasteiger partial charge in [0.2, 0.25) is 0 Å². The maximum absolute atomic E-state index is 12.0. The fraction of sp³-hybridized carbons (Fsp3) is 0.235. The van der Waals surface area contributed by atoms with E-state index < -0.39 is 4.92 Å². The van der Waals surface area contributed by atoms with E-state index in [0.29, 0.717) is 6.61 Å². The molecule has 1 heterocycles. The van der Waals surface area contributed by atoms with Crippen LogP contribution in [0.2, 0.25) is 0 Å². The largest absolute Gasteiger partial charge is 0.368 e. The van der Waals surface area contributed by atoms with Gasteiger partial charge in [-0.15, -0.1) is 0 Å². The molecule has 1 N–H and O–H groups in total. The topological polar surface area (TPSA) is 81.5 Å². The Hall–Kier alpha value is -2.38. The lowest BCUT2D eigenvalue weighted by atomic mass is 10.2. The molecule has 124 valence electrons. The number of nitrogens with zero attached hydrogens (tertiary/aromatic N) is 1. The Morgan fingerprint density at radius 3 is 2.29 bits per heavy atom. The van der Waals surface area contributed by atoms with Crippen molar-refractivity contribution in [3.8, 4) is 0 Å². The summed E-state index contributed by atoms with van der Waals surface area (Å²) in [5.74, 6) is -0.108. The van der Waals surface area contributed by atoms with E-state index in [1.54, 1.807) is 12.1 Å². The van der Waals surface area contributed by atoms with E-state index >= 15 is 0 Å². The van der Waals surface area contributed by atoms with E-state index in [4.69, 9.17) is 4.74 Å². The van der Waals surface area contributed by atoms with Gasteiger partial charge in [-0.05, 0) is 49.2 Å². The van der Waals surface area contributed by atoms with Crippen molar-refractivity contribution in [2.24, 2.45) is 0 Å². The second kappa shape index (κ2) is 7.46. The molecule has 2 aromatic rings. The molecule has 1 atom stereocenters. The van der Waals surface area contributed by atoms with Gasteiger partial charge in [0.25, 0.3) is 11.6 Å². The van der Waals surface area contributed by atoms with Crippen molar-refractivity contribution in [1.29, 1.82) is 0 Å². The van der Waals surface area contributed by atoms with Crippen LogP contribution < -0.4 is 5.32 Å². The summed E-state index contributed by atoms with van der Waals surface area (Å²) in [6, 6.07) is 13.9. The molecule has 0 saturated carbocycles. The first-order valence-electron chi connectivity index (χ1n) is 7.57. The summed E-state index contributed by atoms with van der Waals surface area (Å²) in [5.41, 5.74) is 0.801. The van der Waals surface area contributed by atoms with Crippen molar-refractivity contribution in [3.63, 3.8) is 0 Å². The van der Waals surface area contributed by atoms with Crippen molar-refractivity contribution in [1.82, 2.24) is 0 Å². The highest BCUT2D eigenvalue weighted by atomic mass is 32.2. The number of hydrogen-bond donors (Lipinski definition) is 1. The summed E-state index contributed by atoms with van der Waals surface area (Å²) >= 11 is 1.50. The van der Waals surface area contributed by atoms with E-state index in [9.17, 15) is 14.9 Å². The van der Waals surface area contributed by atoms with Crippen LogP contribution >= 0.6 is 11.8 Å². The molecule has 0 aliphatic carbocycles. The highest BCUT2D eigenvalue weighted by Crippen LogP contribution is 2.29. The monoisotopic (exact) mass is 344 g/mol. The van der Waals surface area contributed by atoms with Gasteiger partial charge >= 0.3 is 0 Å². The number of amides is 1. The first kappa shape index (κ1) is 16.5. The molecule has 6 nitrogen and oxygen atoms in total. The van der Waals surface area contributed by atoms with Crippen LogP contribution in [0, 0.1) is 10.1 Å². The van der Waals surface area contributed by atoms with Gasteiger partial charge in [-0.25, -0.2) is 0 Å². The predicted octanol–water partition coefficient (Wildman–Crippen LogP) is 3.86. The van der Waals surface area contributed by atoms with Crippen LogP contribution in [0.15, 0.2) is 58.3 Å². The molecule has 1 amide bonds. The summed E-state index contributed by atoms with van der Waals surface area (Å²) in [5, 5.41) is 13.5. The summed E-state index contributed by atoms with van der Waals surface area (Å²) in [6.45, 7) is 0.642. The van der Waals surface area contributed by atoms with Gasteiger partial charge in [-0.3, -0.25) is 14.9 Å². The van der Waals surface area contributed by atoms with Crippen molar-refractivity contribution in [3.05, 3.63) is 58.6 Å². The molecule has 7 heteroatoms. The molecule has 1 aliphatic heterocycles. The number of nitro benzene ring substituents is 1. The van der Waals surface area contributed by atoms with E-state index in [2.05, 4.69) is 5.32 Å². The van der Waals surface area contributed by atoms with E-state index in [1.165, 1.54) is 23.9 Å². The Morgan fingerprint density at radius 1 is 1.12 bits per heavy atom. The minimum Gasteiger partial charge on any atom is -0.368 e. The molecule has 2 aromatic carbocycles. The second-order valence-electron chi connectivity index (χ2n) is 5.37. The van der Waals surface area contributed by atoms with E-state index in [0.717, 1.165) is 28.3 Å². The van der Waals surface area contributed by atoms with Crippen molar-refractivity contribution in [2.45, 2.75) is 28.7 Å². The van der Waals surface area contributed by atoms with Gasteiger partial charge in [-0.2, -0.15) is 0 Å². The molecule has 0 spiro atoms. The zero-order valence-electron chi connectivity index (χ0n) is 12.8. The molecule has 24 heavy (non-hydrogen) atoms. The van der Waals surface area contributed by atoms with Gasteiger partial charge in [0, 0.05) is 34.2 Å². The van der Waals surface area contributed by atoms with Crippen molar-refractivity contribution >= 4 is 29.0 Å². The Kier molecular flexibility index (Phi) is 5.12. The Morgan fingerprint density at radius 2 is 1.75 bits per heavy atom. The van der Waals surface area contributed by atoms with E-state index in [1.807, 2.05) is 24.3 Å². The third-order valence-electron chi connectivity index (χ3n) is 3.63. The summed E-state index contributed by atoms with van der Waals surface area (Å²) in [4.78, 5) is 24.1. The lowest BCUT2D eigenvalue weighted by Gasteiger charge is -2.10. The maximum atomic E-state index is 12.0. The highest BCUT2D eigenvalue weighted by Gasteiger charge is 2.23. The number of benzene rings is 2. The van der Waals surface area contributed by atoms with Crippen LogP contribution in [0.5, 0.6) is 0 Å². The van der Waals surface area contributed by atoms with Crippen molar-refractivity contribution in [2.75, 3.05) is 11.9 Å². The van der Waals surface area contributed by atoms with Gasteiger partial charge in [-0.1, -0.05) is 11.8 Å². The number of ether oxygens (including phenoxy) is 1. The van der Waals surface area contributed by atoms with Crippen LogP contribution in [-0.4, -0.2) is 23.5 Å². The van der Waals surface area contributed by atoms with Gasteiger partial charge in [0.1, 0.15) is 6.10 Å². The molecule has 0 aromatic heterocycles. The molecule has 1 saturated heterocycles. The third kappa shape index (κ3) is 4.12. The number of anilines is 1. The molecule has 3 rings (SSSR count). The maximum Gasteiger partial charge on any atom is 0.269 e. The standard InChI is InChI=1S/C17H16N2O4S/c20-17(16-2-1-11-23-16)18-12-3-7-14(8-4-12)24-15-9-5-13(6-10-15)19(21)22/h3-10,16H,1-2,11H2,(H,18,20)/t16-/m1/s1. The van der Waals surface area contributed by atoms with Crippen LogP contribution in [0.25, 0.3) is 0 Å². The molecule has 0 radical (unpaired) electrons.